The summed E-state index contributed by atoms with van der Waals surface area (Å²) in [6.45, 7) is 2.57. The van der Waals surface area contributed by atoms with Crippen LogP contribution in [0, 0.1) is 0 Å². The number of methoxy groups -OCH3 is 1. The molecular weight excluding hydrogens is 306 g/mol. The first-order valence-electron chi connectivity index (χ1n) is 7.70. The summed E-state index contributed by atoms with van der Waals surface area (Å²) in [6.07, 6.45) is 5.99. The number of nitrogens with two attached hydrogens (primary N) is 1. The summed E-state index contributed by atoms with van der Waals surface area (Å²) >= 11 is 0. The van der Waals surface area contributed by atoms with E-state index in [0.29, 0.717) is 23.8 Å². The van der Waals surface area contributed by atoms with E-state index < -0.39 is 0 Å². The molecule has 3 rings (SSSR count). The number of nitrogen functional groups attached to an aromatic ring is 1. The molecule has 0 atom stereocenters. The summed E-state index contributed by atoms with van der Waals surface area (Å²) in [5.41, 5.74) is 8.51. The maximum absolute atomic E-state index is 12.3. The van der Waals surface area contributed by atoms with Crippen LogP contribution in [0.5, 0.6) is 5.75 Å². The largest absolute Gasteiger partial charge is 0.496 e. The zero-order valence-electron chi connectivity index (χ0n) is 13.6. The van der Waals surface area contributed by atoms with Crippen LogP contribution in [0.25, 0.3) is 16.8 Å². The van der Waals surface area contributed by atoms with Crippen LogP contribution in [0.15, 0.2) is 36.8 Å². The average molecular weight is 325 g/mol. The van der Waals surface area contributed by atoms with E-state index in [1.165, 1.54) is 0 Å². The van der Waals surface area contributed by atoms with E-state index in [2.05, 4.69) is 15.3 Å². The predicted octanol–water partition coefficient (Wildman–Crippen LogP) is 2.13. The summed E-state index contributed by atoms with van der Waals surface area (Å²) in [4.78, 5) is 20.9. The van der Waals surface area contributed by atoms with Gasteiger partial charge in [-0.15, -0.1) is 0 Å². The highest BCUT2D eigenvalue weighted by Gasteiger charge is 2.19. The lowest BCUT2D eigenvalue weighted by Crippen LogP contribution is -2.25. The van der Waals surface area contributed by atoms with Gasteiger partial charge in [0, 0.05) is 36.3 Å². The Kier molecular flexibility index (Phi) is 4.33. The quantitative estimate of drug-likeness (QED) is 0.749. The number of carbonyl (C=O) groups excluding carboxylic acids is 1. The van der Waals surface area contributed by atoms with Crippen LogP contribution in [0.4, 0.5) is 5.82 Å². The van der Waals surface area contributed by atoms with Crippen LogP contribution in [-0.2, 0) is 0 Å². The maximum atomic E-state index is 12.3. The lowest BCUT2D eigenvalue weighted by molar-refractivity contribution is 0.0950. The molecule has 0 saturated carbocycles. The van der Waals surface area contributed by atoms with E-state index in [0.717, 1.165) is 17.5 Å². The second-order valence-corrected chi connectivity index (χ2v) is 5.29. The van der Waals surface area contributed by atoms with Gasteiger partial charge in [-0.2, -0.15) is 0 Å². The molecule has 0 fully saturated rings. The topological polar surface area (TPSA) is 94.5 Å². The van der Waals surface area contributed by atoms with E-state index >= 15 is 0 Å². The third kappa shape index (κ3) is 2.64. The van der Waals surface area contributed by atoms with Crippen LogP contribution >= 0.6 is 0 Å². The number of fused-ring (bicyclic) bond motifs is 1. The molecular formula is C17H19N5O2. The lowest BCUT2D eigenvalue weighted by atomic mass is 10.1. The molecule has 0 saturated heterocycles. The minimum atomic E-state index is -0.276. The average Bonchev–Trinajstić information content (AvgIpc) is 2.96. The number of hydrogen-bond acceptors (Lipinski definition) is 5. The van der Waals surface area contributed by atoms with Crippen molar-refractivity contribution in [3.63, 3.8) is 0 Å². The van der Waals surface area contributed by atoms with Gasteiger partial charge in [-0.3, -0.25) is 14.2 Å². The van der Waals surface area contributed by atoms with Crippen LogP contribution in [0.2, 0.25) is 0 Å². The first-order chi connectivity index (χ1) is 11.7. The number of nitrogens with one attached hydrogen (secondary N) is 1. The van der Waals surface area contributed by atoms with Crippen LogP contribution in [-0.4, -0.2) is 33.9 Å². The standard InChI is InChI=1S/C17H19N5O2/c1-3-7-20-17(23)14-15(18)22-9-4-5-11(16(22)21-14)12-10-19-8-6-13(12)24-2/h4-6,8-10H,3,7,18H2,1-2H3,(H,20,23). The molecule has 0 aliphatic heterocycles. The summed E-state index contributed by atoms with van der Waals surface area (Å²) in [5.74, 6) is 0.710. The Morgan fingerprint density at radius 3 is 2.96 bits per heavy atom. The SMILES string of the molecule is CCCNC(=O)c1nc2c(-c3cnccc3OC)cccn2c1N. The summed E-state index contributed by atoms with van der Waals surface area (Å²) < 4.78 is 7.10. The predicted molar refractivity (Wildman–Crippen MR) is 92.0 cm³/mol. The number of nitrogens with zero attached hydrogens (tertiary/aromatic N) is 3. The van der Waals surface area contributed by atoms with E-state index in [4.69, 9.17) is 10.5 Å². The highest BCUT2D eigenvalue weighted by Crippen LogP contribution is 2.32. The third-order valence-corrected chi connectivity index (χ3v) is 3.73. The minimum Gasteiger partial charge on any atom is -0.496 e. The van der Waals surface area contributed by atoms with Gasteiger partial charge in [-0.05, 0) is 24.6 Å². The number of aromatic nitrogens is 3. The third-order valence-electron chi connectivity index (χ3n) is 3.73. The number of rotatable bonds is 5. The van der Waals surface area contributed by atoms with Crippen molar-refractivity contribution in [1.82, 2.24) is 19.7 Å². The van der Waals surface area contributed by atoms with E-state index in [-0.39, 0.29) is 11.6 Å². The molecule has 0 bridgehead atoms. The Balaban J connectivity index is 2.16. The van der Waals surface area contributed by atoms with Gasteiger partial charge < -0.3 is 15.8 Å². The van der Waals surface area contributed by atoms with Crippen molar-refractivity contribution in [2.75, 3.05) is 19.4 Å². The zero-order valence-corrected chi connectivity index (χ0v) is 13.6. The summed E-state index contributed by atoms with van der Waals surface area (Å²) in [7, 11) is 1.60. The Hall–Kier alpha value is -3.09. The van der Waals surface area contributed by atoms with Crippen molar-refractivity contribution in [2.45, 2.75) is 13.3 Å². The molecule has 0 unspecified atom stereocenters. The molecule has 0 spiro atoms. The van der Waals surface area contributed by atoms with Crippen LogP contribution in [0.3, 0.4) is 0 Å². The Morgan fingerprint density at radius 2 is 2.21 bits per heavy atom. The molecule has 0 aliphatic carbocycles. The molecule has 7 nitrogen and oxygen atoms in total. The number of pyridine rings is 2. The molecule has 3 aromatic heterocycles. The van der Waals surface area contributed by atoms with Crippen molar-refractivity contribution in [3.05, 3.63) is 42.5 Å². The second kappa shape index (κ2) is 6.57. The van der Waals surface area contributed by atoms with Gasteiger partial charge in [0.2, 0.25) is 0 Å². The van der Waals surface area contributed by atoms with Crippen molar-refractivity contribution in [1.29, 1.82) is 0 Å². The zero-order chi connectivity index (χ0) is 17.1. The number of anilines is 1. The van der Waals surface area contributed by atoms with Crippen molar-refractivity contribution in [3.8, 4) is 16.9 Å². The minimum absolute atomic E-state index is 0.221. The molecule has 24 heavy (non-hydrogen) atoms. The van der Waals surface area contributed by atoms with Gasteiger partial charge in [-0.25, -0.2) is 4.98 Å². The molecule has 0 radical (unpaired) electrons. The molecule has 3 N–H and O–H groups in total. The number of carbonyl (C=O) groups is 1. The van der Waals surface area contributed by atoms with E-state index in [9.17, 15) is 4.79 Å². The smallest absolute Gasteiger partial charge is 0.273 e. The van der Waals surface area contributed by atoms with Crippen molar-refractivity contribution >= 4 is 17.4 Å². The number of hydrogen-bond donors (Lipinski definition) is 2. The highest BCUT2D eigenvalue weighted by molar-refractivity contribution is 5.98. The van der Waals surface area contributed by atoms with E-state index in [1.807, 2.05) is 19.1 Å². The normalized spacial score (nSPS) is 10.8. The highest BCUT2D eigenvalue weighted by atomic mass is 16.5. The van der Waals surface area contributed by atoms with E-state index in [1.54, 1.807) is 36.2 Å². The molecule has 0 aromatic carbocycles. The Bertz CT molecular complexity index is 888. The molecule has 0 aliphatic rings. The Morgan fingerprint density at radius 1 is 1.38 bits per heavy atom. The summed E-state index contributed by atoms with van der Waals surface area (Å²) in [6, 6.07) is 5.52. The summed E-state index contributed by atoms with van der Waals surface area (Å²) in [5, 5.41) is 2.80. The first-order valence-corrected chi connectivity index (χ1v) is 7.70. The monoisotopic (exact) mass is 325 g/mol. The van der Waals surface area contributed by atoms with Crippen molar-refractivity contribution < 1.29 is 9.53 Å². The molecule has 124 valence electrons. The molecule has 3 aromatic rings. The molecule has 7 heteroatoms. The Labute approximate surface area is 139 Å². The second-order valence-electron chi connectivity index (χ2n) is 5.29. The van der Waals surface area contributed by atoms with Gasteiger partial charge in [0.25, 0.3) is 5.91 Å². The lowest BCUT2D eigenvalue weighted by Gasteiger charge is -2.08. The fourth-order valence-electron chi connectivity index (χ4n) is 2.55. The van der Waals surface area contributed by atoms with Gasteiger partial charge >= 0.3 is 0 Å². The molecule has 1 amide bonds. The number of ether oxygens (including phenoxy) is 1. The fourth-order valence-corrected chi connectivity index (χ4v) is 2.55. The molecule has 3 heterocycles. The van der Waals surface area contributed by atoms with Gasteiger partial charge in [0.15, 0.2) is 5.69 Å². The number of imidazole rings is 1. The van der Waals surface area contributed by atoms with Crippen LogP contribution in [0.1, 0.15) is 23.8 Å². The first kappa shape index (κ1) is 15.8. The van der Waals surface area contributed by atoms with Gasteiger partial charge in [-0.1, -0.05) is 6.92 Å². The fraction of sp³-hybridized carbons (Fsp3) is 0.235. The van der Waals surface area contributed by atoms with Gasteiger partial charge in [0.1, 0.15) is 17.2 Å². The maximum Gasteiger partial charge on any atom is 0.273 e. The van der Waals surface area contributed by atoms with Gasteiger partial charge in [0.05, 0.1) is 7.11 Å². The van der Waals surface area contributed by atoms with Crippen molar-refractivity contribution in [2.24, 2.45) is 0 Å². The van der Waals surface area contributed by atoms with Crippen LogP contribution < -0.4 is 15.8 Å². The number of amides is 1.